The van der Waals surface area contributed by atoms with Gasteiger partial charge in [-0.2, -0.15) is 5.26 Å². The molecule has 0 aliphatic heterocycles. The highest BCUT2D eigenvalue weighted by molar-refractivity contribution is 6.35. The molecular weight excluding hydrogens is 405 g/mol. The average molecular weight is 412 g/mol. The summed E-state index contributed by atoms with van der Waals surface area (Å²) in [5, 5.41) is 44.4. The molecule has 0 fully saturated rings. The first-order valence-corrected chi connectivity index (χ1v) is 7.61. The molecule has 13 heteroatoms. The normalized spacial score (nSPS) is 10.1. The van der Waals surface area contributed by atoms with E-state index in [9.17, 15) is 30.3 Å². The molecule has 0 aliphatic rings. The van der Waals surface area contributed by atoms with Gasteiger partial charge in [0.15, 0.2) is 0 Å². The smallest absolute Gasteiger partial charge is 0.299 e. The van der Waals surface area contributed by atoms with Gasteiger partial charge in [-0.15, -0.1) is 0 Å². The number of nitrogens with one attached hydrogen (secondary N) is 1. The van der Waals surface area contributed by atoms with E-state index in [2.05, 4.69) is 5.32 Å². The van der Waals surface area contributed by atoms with Crippen molar-refractivity contribution in [2.24, 2.45) is 0 Å². The van der Waals surface area contributed by atoms with Crippen LogP contribution in [0.1, 0.15) is 11.1 Å². The fourth-order valence-corrected chi connectivity index (χ4v) is 2.72. The van der Waals surface area contributed by atoms with Crippen LogP contribution in [0.4, 0.5) is 28.4 Å². The summed E-state index contributed by atoms with van der Waals surface area (Å²) < 4.78 is 0. The van der Waals surface area contributed by atoms with Crippen molar-refractivity contribution in [3.8, 4) is 6.07 Å². The van der Waals surface area contributed by atoms with Crippen molar-refractivity contribution in [1.82, 2.24) is 0 Å². The lowest BCUT2D eigenvalue weighted by Crippen LogP contribution is -2.05. The zero-order valence-electron chi connectivity index (χ0n) is 13.2. The highest BCUT2D eigenvalue weighted by atomic mass is 35.5. The Labute approximate surface area is 160 Å². The Balaban J connectivity index is 2.77. The number of hydrogen-bond donors (Lipinski definition) is 1. The second-order valence-corrected chi connectivity index (χ2v) is 5.87. The maximum atomic E-state index is 11.3. The van der Waals surface area contributed by atoms with Crippen LogP contribution in [-0.4, -0.2) is 14.8 Å². The fraction of sp³-hybridized carbons (Fsp3) is 0.0714. The van der Waals surface area contributed by atoms with Crippen LogP contribution in [0.2, 0.25) is 10.0 Å². The van der Waals surface area contributed by atoms with E-state index in [1.165, 1.54) is 6.92 Å². The van der Waals surface area contributed by atoms with Crippen LogP contribution >= 0.6 is 23.2 Å². The van der Waals surface area contributed by atoms with Crippen LogP contribution in [0.15, 0.2) is 18.2 Å². The minimum Gasteiger partial charge on any atom is -0.343 e. The monoisotopic (exact) mass is 411 g/mol. The Bertz CT molecular complexity index is 1050. The van der Waals surface area contributed by atoms with E-state index in [1.807, 2.05) is 0 Å². The summed E-state index contributed by atoms with van der Waals surface area (Å²) in [7, 11) is 0. The van der Waals surface area contributed by atoms with Crippen molar-refractivity contribution >= 4 is 51.6 Å². The van der Waals surface area contributed by atoms with Crippen LogP contribution in [-0.2, 0) is 0 Å². The minimum absolute atomic E-state index is 0.0766. The van der Waals surface area contributed by atoms with Crippen LogP contribution in [0, 0.1) is 48.6 Å². The summed E-state index contributed by atoms with van der Waals surface area (Å²) in [6.45, 7) is 1.27. The molecular formula is C14H7Cl2N5O6. The van der Waals surface area contributed by atoms with Crippen LogP contribution < -0.4 is 5.32 Å². The Hall–Kier alpha value is -3.49. The molecule has 0 radical (unpaired) electrons. The number of halogens is 2. The Kier molecular flexibility index (Phi) is 5.44. The molecule has 0 atom stereocenters. The maximum absolute atomic E-state index is 11.3. The number of benzene rings is 2. The summed E-state index contributed by atoms with van der Waals surface area (Å²) in [4.78, 5) is 31.0. The third-order valence-electron chi connectivity index (χ3n) is 3.50. The van der Waals surface area contributed by atoms with Crippen molar-refractivity contribution in [3.63, 3.8) is 0 Å². The Morgan fingerprint density at radius 1 is 0.926 bits per heavy atom. The van der Waals surface area contributed by atoms with Crippen molar-refractivity contribution < 1.29 is 14.8 Å². The molecule has 0 heterocycles. The van der Waals surface area contributed by atoms with Gasteiger partial charge in [0.25, 0.3) is 17.1 Å². The molecule has 11 nitrogen and oxygen atoms in total. The largest absolute Gasteiger partial charge is 0.343 e. The van der Waals surface area contributed by atoms with E-state index >= 15 is 0 Å². The third-order valence-corrected chi connectivity index (χ3v) is 4.27. The van der Waals surface area contributed by atoms with E-state index in [0.29, 0.717) is 6.07 Å². The summed E-state index contributed by atoms with van der Waals surface area (Å²) >= 11 is 11.9. The van der Waals surface area contributed by atoms with Gasteiger partial charge in [-0.1, -0.05) is 23.2 Å². The number of nitriles is 1. The molecule has 27 heavy (non-hydrogen) atoms. The maximum Gasteiger partial charge on any atom is 0.299 e. The standard InChI is InChI=1S/C14H7Cl2N5O6/c1-6-12(16)9(19(22)23)4-11(21(26)27)13(6)18-14-8(15)2-7(5-17)3-10(14)20(24)25/h2-4,18H,1H3. The number of hydrogen-bond acceptors (Lipinski definition) is 8. The summed E-state index contributed by atoms with van der Waals surface area (Å²) in [6.07, 6.45) is 0. The van der Waals surface area contributed by atoms with Crippen molar-refractivity contribution in [2.45, 2.75) is 6.92 Å². The second kappa shape index (κ2) is 7.40. The first-order chi connectivity index (χ1) is 12.6. The summed E-state index contributed by atoms with van der Waals surface area (Å²) in [5.41, 5.74) is -2.81. The zero-order chi connectivity index (χ0) is 20.5. The highest BCUT2D eigenvalue weighted by Gasteiger charge is 2.29. The van der Waals surface area contributed by atoms with Gasteiger partial charge in [0.2, 0.25) is 0 Å². The molecule has 0 saturated carbocycles. The van der Waals surface area contributed by atoms with E-state index < -0.39 is 31.8 Å². The fourth-order valence-electron chi connectivity index (χ4n) is 2.24. The van der Waals surface area contributed by atoms with Gasteiger partial charge < -0.3 is 5.32 Å². The SMILES string of the molecule is Cc1c(Cl)c([N+](=O)[O-])cc([N+](=O)[O-])c1Nc1c(Cl)cc(C#N)cc1[N+](=O)[O-]. The van der Waals surface area contributed by atoms with Crippen LogP contribution in [0.5, 0.6) is 0 Å². The molecule has 0 spiro atoms. The highest BCUT2D eigenvalue weighted by Crippen LogP contribution is 2.44. The Morgan fingerprint density at radius 2 is 1.44 bits per heavy atom. The number of nitro groups is 3. The number of rotatable bonds is 5. The van der Waals surface area contributed by atoms with E-state index in [-0.39, 0.29) is 32.5 Å². The molecule has 0 aliphatic carbocycles. The van der Waals surface area contributed by atoms with E-state index in [1.54, 1.807) is 6.07 Å². The average Bonchev–Trinajstić information content (AvgIpc) is 2.59. The second-order valence-electron chi connectivity index (χ2n) is 5.09. The molecule has 2 aromatic carbocycles. The molecule has 0 saturated heterocycles. The number of nitro benzene ring substituents is 3. The van der Waals surface area contributed by atoms with Gasteiger partial charge >= 0.3 is 0 Å². The number of anilines is 2. The topological polar surface area (TPSA) is 165 Å². The Morgan fingerprint density at radius 3 is 1.93 bits per heavy atom. The molecule has 0 unspecified atom stereocenters. The molecule has 0 aromatic heterocycles. The zero-order valence-corrected chi connectivity index (χ0v) is 14.7. The van der Waals surface area contributed by atoms with Crippen LogP contribution in [0.3, 0.4) is 0 Å². The lowest BCUT2D eigenvalue weighted by Gasteiger charge is -2.13. The first-order valence-electron chi connectivity index (χ1n) is 6.85. The van der Waals surface area contributed by atoms with Gasteiger partial charge in [0.1, 0.15) is 16.4 Å². The molecule has 0 bridgehead atoms. The van der Waals surface area contributed by atoms with Gasteiger partial charge in [-0.25, -0.2) is 0 Å². The van der Waals surface area contributed by atoms with E-state index in [0.717, 1.165) is 12.1 Å². The first kappa shape index (κ1) is 19.8. The van der Waals surface area contributed by atoms with Gasteiger partial charge in [0, 0.05) is 11.6 Å². The summed E-state index contributed by atoms with van der Waals surface area (Å²) in [6, 6.07) is 4.41. The van der Waals surface area contributed by atoms with Crippen LogP contribution in [0.25, 0.3) is 0 Å². The summed E-state index contributed by atoms with van der Waals surface area (Å²) in [5.74, 6) is 0. The van der Waals surface area contributed by atoms with Gasteiger partial charge in [-0.05, 0) is 13.0 Å². The van der Waals surface area contributed by atoms with Gasteiger partial charge in [0.05, 0.1) is 37.5 Å². The van der Waals surface area contributed by atoms with Crippen molar-refractivity contribution in [2.75, 3.05) is 5.32 Å². The minimum atomic E-state index is -0.901. The van der Waals surface area contributed by atoms with E-state index in [4.69, 9.17) is 28.5 Å². The lowest BCUT2D eigenvalue weighted by molar-refractivity contribution is -0.393. The predicted molar refractivity (Wildman–Crippen MR) is 95.6 cm³/mol. The number of nitrogens with zero attached hydrogens (tertiary/aromatic N) is 4. The van der Waals surface area contributed by atoms with Crippen molar-refractivity contribution in [3.05, 3.63) is 69.7 Å². The third kappa shape index (κ3) is 3.71. The molecule has 2 aromatic rings. The molecule has 2 rings (SSSR count). The molecule has 138 valence electrons. The quantitative estimate of drug-likeness (QED) is 0.548. The lowest BCUT2D eigenvalue weighted by atomic mass is 10.1. The molecule has 1 N–H and O–H groups in total. The predicted octanol–water partition coefficient (Wildman–Crippen LogP) is 4.64. The van der Waals surface area contributed by atoms with Gasteiger partial charge in [-0.3, -0.25) is 30.3 Å². The molecule has 0 amide bonds. The van der Waals surface area contributed by atoms with Crippen molar-refractivity contribution in [1.29, 1.82) is 5.26 Å².